The van der Waals surface area contributed by atoms with Crippen LogP contribution in [0.2, 0.25) is 0 Å². The first-order chi connectivity index (χ1) is 13.3. The SMILES string of the molecule is C[C@H](N=C1NS(=O)(=O)c2ccccc21)C(=O)OCC(=O)Nc1cccc(Br)c1. The summed E-state index contributed by atoms with van der Waals surface area (Å²) < 4.78 is 32.2. The van der Waals surface area contributed by atoms with Gasteiger partial charge in [-0.05, 0) is 37.3 Å². The molecule has 0 saturated heterocycles. The van der Waals surface area contributed by atoms with E-state index in [1.807, 2.05) is 6.07 Å². The molecule has 146 valence electrons. The monoisotopic (exact) mass is 465 g/mol. The number of fused-ring (bicyclic) bond motifs is 1. The Bertz CT molecular complexity index is 1070. The smallest absolute Gasteiger partial charge is 0.331 e. The Morgan fingerprint density at radius 1 is 1.21 bits per heavy atom. The first-order valence-electron chi connectivity index (χ1n) is 8.18. The van der Waals surface area contributed by atoms with Crippen molar-refractivity contribution in [3.05, 3.63) is 58.6 Å². The van der Waals surface area contributed by atoms with Crippen LogP contribution in [0.15, 0.2) is 62.9 Å². The number of hydrogen-bond donors (Lipinski definition) is 2. The largest absolute Gasteiger partial charge is 0.454 e. The molecule has 0 fully saturated rings. The van der Waals surface area contributed by atoms with Gasteiger partial charge in [0.15, 0.2) is 6.61 Å². The first kappa shape index (κ1) is 20.0. The average Bonchev–Trinajstić information content (AvgIpc) is 2.90. The Balaban J connectivity index is 1.61. The molecule has 28 heavy (non-hydrogen) atoms. The molecule has 0 aliphatic carbocycles. The summed E-state index contributed by atoms with van der Waals surface area (Å²) in [6, 6.07) is 12.3. The summed E-state index contributed by atoms with van der Waals surface area (Å²) in [5.74, 6) is -1.18. The molecule has 0 saturated carbocycles. The fourth-order valence-electron chi connectivity index (χ4n) is 2.50. The highest BCUT2D eigenvalue weighted by Gasteiger charge is 2.31. The summed E-state index contributed by atoms with van der Waals surface area (Å²) in [6.07, 6.45) is 0. The summed E-state index contributed by atoms with van der Waals surface area (Å²) in [5.41, 5.74) is 0.940. The number of amides is 1. The van der Waals surface area contributed by atoms with Crippen molar-refractivity contribution in [1.82, 2.24) is 4.72 Å². The van der Waals surface area contributed by atoms with E-state index < -0.39 is 34.5 Å². The van der Waals surface area contributed by atoms with E-state index in [1.165, 1.54) is 13.0 Å². The molecule has 1 amide bonds. The molecule has 8 nitrogen and oxygen atoms in total. The lowest BCUT2D eigenvalue weighted by atomic mass is 10.2. The van der Waals surface area contributed by atoms with Crippen LogP contribution in [0.4, 0.5) is 5.69 Å². The summed E-state index contributed by atoms with van der Waals surface area (Å²) in [7, 11) is -3.69. The second kappa shape index (κ2) is 8.11. The Kier molecular flexibility index (Phi) is 5.80. The van der Waals surface area contributed by atoms with Crippen LogP contribution in [0.25, 0.3) is 0 Å². The molecule has 10 heteroatoms. The molecule has 0 unspecified atom stereocenters. The summed E-state index contributed by atoms with van der Waals surface area (Å²) in [5, 5.41) is 2.60. The maximum absolute atomic E-state index is 12.1. The number of halogens is 1. The summed E-state index contributed by atoms with van der Waals surface area (Å²) in [6.45, 7) is 0.972. The number of amidine groups is 1. The maximum atomic E-state index is 12.1. The van der Waals surface area contributed by atoms with Crippen molar-refractivity contribution in [2.75, 3.05) is 11.9 Å². The third kappa shape index (κ3) is 4.57. The average molecular weight is 466 g/mol. The van der Waals surface area contributed by atoms with Gasteiger partial charge in [-0.25, -0.2) is 13.2 Å². The Morgan fingerprint density at radius 3 is 2.71 bits per heavy atom. The van der Waals surface area contributed by atoms with Crippen molar-refractivity contribution in [1.29, 1.82) is 0 Å². The second-order valence-corrected chi connectivity index (χ2v) is 8.49. The van der Waals surface area contributed by atoms with Gasteiger partial charge in [0, 0.05) is 15.7 Å². The molecule has 2 aromatic rings. The van der Waals surface area contributed by atoms with E-state index in [9.17, 15) is 18.0 Å². The van der Waals surface area contributed by atoms with Crippen LogP contribution in [0.1, 0.15) is 12.5 Å². The Labute approximate surface area is 170 Å². The van der Waals surface area contributed by atoms with Gasteiger partial charge in [-0.3, -0.25) is 14.5 Å². The number of nitrogens with zero attached hydrogens (tertiary/aromatic N) is 1. The van der Waals surface area contributed by atoms with Crippen LogP contribution >= 0.6 is 15.9 Å². The van der Waals surface area contributed by atoms with Gasteiger partial charge in [-0.15, -0.1) is 0 Å². The van der Waals surface area contributed by atoms with E-state index in [-0.39, 0.29) is 10.7 Å². The number of benzene rings is 2. The number of ether oxygens (including phenoxy) is 1. The molecule has 0 radical (unpaired) electrons. The van der Waals surface area contributed by atoms with E-state index >= 15 is 0 Å². The van der Waals surface area contributed by atoms with E-state index in [4.69, 9.17) is 4.74 Å². The number of nitrogens with one attached hydrogen (secondary N) is 2. The highest BCUT2D eigenvalue weighted by atomic mass is 79.9. The molecule has 1 atom stereocenters. The lowest BCUT2D eigenvalue weighted by Crippen LogP contribution is -2.28. The van der Waals surface area contributed by atoms with Crippen LogP contribution in [0.3, 0.4) is 0 Å². The number of carbonyl (C=O) groups excluding carboxylic acids is 2. The predicted molar refractivity (Wildman–Crippen MR) is 106 cm³/mol. The quantitative estimate of drug-likeness (QED) is 0.655. The second-order valence-electron chi connectivity index (χ2n) is 5.92. The molecule has 2 N–H and O–H groups in total. The molecule has 1 aliphatic heterocycles. The first-order valence-corrected chi connectivity index (χ1v) is 10.5. The molecule has 0 bridgehead atoms. The van der Waals surface area contributed by atoms with Gasteiger partial charge in [0.1, 0.15) is 11.9 Å². The minimum Gasteiger partial charge on any atom is -0.454 e. The normalized spacial score (nSPS) is 16.7. The Morgan fingerprint density at radius 2 is 1.96 bits per heavy atom. The van der Waals surface area contributed by atoms with Crippen molar-refractivity contribution in [2.24, 2.45) is 4.99 Å². The van der Waals surface area contributed by atoms with Gasteiger partial charge in [-0.1, -0.05) is 34.1 Å². The van der Waals surface area contributed by atoms with E-state index in [0.29, 0.717) is 11.3 Å². The lowest BCUT2D eigenvalue weighted by Gasteiger charge is -2.10. The number of aliphatic imine (C=N–C) groups is 1. The number of sulfonamides is 1. The number of carbonyl (C=O) groups is 2. The highest BCUT2D eigenvalue weighted by molar-refractivity contribution is 9.10. The molecule has 3 rings (SSSR count). The van der Waals surface area contributed by atoms with E-state index in [0.717, 1.165) is 4.47 Å². The van der Waals surface area contributed by atoms with Crippen molar-refractivity contribution in [3.63, 3.8) is 0 Å². The third-order valence-electron chi connectivity index (χ3n) is 3.78. The summed E-state index contributed by atoms with van der Waals surface area (Å²) >= 11 is 3.29. The topological polar surface area (TPSA) is 114 Å². The van der Waals surface area contributed by atoms with Gasteiger partial charge >= 0.3 is 5.97 Å². The standard InChI is InChI=1S/C18H16BrN3O5S/c1-11(20-17-14-7-2-3-8-15(14)28(25,26)22-17)18(24)27-10-16(23)21-13-6-4-5-12(19)9-13/h2-9,11H,10H2,1H3,(H,20,22)(H,21,23)/t11-/m0/s1. The van der Waals surface area contributed by atoms with Crippen molar-refractivity contribution < 1.29 is 22.7 Å². The van der Waals surface area contributed by atoms with Crippen LogP contribution in [-0.2, 0) is 24.3 Å². The maximum Gasteiger partial charge on any atom is 0.331 e. The molecule has 0 spiro atoms. The molecule has 2 aromatic carbocycles. The fraction of sp³-hybridized carbons (Fsp3) is 0.167. The molecule has 1 heterocycles. The Hall–Kier alpha value is -2.72. The zero-order valence-corrected chi connectivity index (χ0v) is 17.1. The van der Waals surface area contributed by atoms with Gasteiger partial charge in [0.05, 0.1) is 4.90 Å². The predicted octanol–water partition coefficient (Wildman–Crippen LogP) is 2.06. The fourth-order valence-corrected chi connectivity index (χ4v) is 4.14. The third-order valence-corrected chi connectivity index (χ3v) is 5.67. The molecular formula is C18H16BrN3O5S. The van der Waals surface area contributed by atoms with Crippen LogP contribution in [0.5, 0.6) is 0 Å². The number of esters is 1. The minimum atomic E-state index is -3.69. The van der Waals surface area contributed by atoms with Crippen LogP contribution in [0, 0.1) is 0 Å². The van der Waals surface area contributed by atoms with Gasteiger partial charge in [-0.2, -0.15) is 0 Å². The van der Waals surface area contributed by atoms with Gasteiger partial charge in [0.2, 0.25) is 0 Å². The zero-order chi connectivity index (χ0) is 20.3. The highest BCUT2D eigenvalue weighted by Crippen LogP contribution is 2.22. The number of anilines is 1. The molecular weight excluding hydrogens is 450 g/mol. The van der Waals surface area contributed by atoms with Crippen LogP contribution in [-0.4, -0.2) is 38.8 Å². The number of rotatable bonds is 5. The van der Waals surface area contributed by atoms with Gasteiger partial charge < -0.3 is 10.1 Å². The van der Waals surface area contributed by atoms with E-state index in [1.54, 1.807) is 36.4 Å². The van der Waals surface area contributed by atoms with Crippen molar-refractivity contribution >= 4 is 49.4 Å². The zero-order valence-electron chi connectivity index (χ0n) is 14.7. The van der Waals surface area contributed by atoms with E-state index in [2.05, 4.69) is 31.0 Å². The molecule has 1 aliphatic rings. The van der Waals surface area contributed by atoms with Crippen molar-refractivity contribution in [3.8, 4) is 0 Å². The summed E-state index contributed by atoms with van der Waals surface area (Å²) in [4.78, 5) is 28.2. The minimum absolute atomic E-state index is 0.0682. The van der Waals surface area contributed by atoms with Crippen LogP contribution < -0.4 is 10.0 Å². The van der Waals surface area contributed by atoms with Crippen molar-refractivity contribution in [2.45, 2.75) is 17.9 Å². The molecule has 0 aromatic heterocycles. The lowest BCUT2D eigenvalue weighted by molar-refractivity contribution is -0.148. The number of hydrogen-bond acceptors (Lipinski definition) is 6. The van der Waals surface area contributed by atoms with Gasteiger partial charge in [0.25, 0.3) is 15.9 Å².